The van der Waals surface area contributed by atoms with E-state index in [1.807, 2.05) is 36.2 Å². The first-order chi connectivity index (χ1) is 17.7. The number of piperazine rings is 1. The van der Waals surface area contributed by atoms with Crippen LogP contribution in [0.15, 0.2) is 48.5 Å². The molecular formula is C26H25F3N4O3S. The number of hydrogen-bond acceptors (Lipinski definition) is 6. The van der Waals surface area contributed by atoms with Crippen LogP contribution in [0.5, 0.6) is 11.5 Å². The predicted octanol–water partition coefficient (Wildman–Crippen LogP) is 5.30. The van der Waals surface area contributed by atoms with Crippen LogP contribution in [0.25, 0.3) is 21.5 Å². The number of alkyl halides is 3. The molecule has 1 saturated heterocycles. The Labute approximate surface area is 215 Å². The number of nitrogens with zero attached hydrogens (tertiary/aromatic N) is 4. The Morgan fingerprint density at radius 1 is 0.973 bits per heavy atom. The van der Waals surface area contributed by atoms with Crippen LogP contribution in [0.1, 0.15) is 15.2 Å². The second-order valence-electron chi connectivity index (χ2n) is 8.70. The number of anilines is 1. The first-order valence-electron chi connectivity index (χ1n) is 11.6. The first kappa shape index (κ1) is 24.9. The molecule has 1 aliphatic heterocycles. The van der Waals surface area contributed by atoms with Gasteiger partial charge in [0.2, 0.25) is 0 Å². The van der Waals surface area contributed by atoms with Crippen molar-refractivity contribution in [2.75, 3.05) is 45.3 Å². The van der Waals surface area contributed by atoms with Crippen LogP contribution >= 0.6 is 11.3 Å². The molecule has 0 N–H and O–H groups in total. The fourth-order valence-corrected chi connectivity index (χ4v) is 5.59. The number of amides is 1. The monoisotopic (exact) mass is 530 g/mol. The third-order valence-electron chi connectivity index (χ3n) is 6.48. The summed E-state index contributed by atoms with van der Waals surface area (Å²) >= 11 is 1.38. The van der Waals surface area contributed by atoms with Crippen molar-refractivity contribution in [2.45, 2.75) is 6.18 Å². The highest BCUT2D eigenvalue weighted by atomic mass is 32.1. The third kappa shape index (κ3) is 4.71. The zero-order chi connectivity index (χ0) is 26.3. The normalized spacial score (nSPS) is 14.3. The molecule has 0 bridgehead atoms. The molecule has 194 valence electrons. The SMILES string of the molecule is COc1ccc(-c2nn(C)c3sc(C(=O)N4CCN(c5cccc(C(F)(F)F)c5)CC4)cc23)cc1OC. The van der Waals surface area contributed by atoms with E-state index in [1.165, 1.54) is 17.4 Å². The first-order valence-corrected chi connectivity index (χ1v) is 12.4. The Morgan fingerprint density at radius 2 is 1.70 bits per heavy atom. The number of ether oxygens (including phenoxy) is 2. The van der Waals surface area contributed by atoms with Crippen LogP contribution in [0.3, 0.4) is 0 Å². The number of aromatic nitrogens is 2. The van der Waals surface area contributed by atoms with Gasteiger partial charge < -0.3 is 19.3 Å². The van der Waals surface area contributed by atoms with Crippen molar-refractivity contribution in [1.82, 2.24) is 14.7 Å². The van der Waals surface area contributed by atoms with E-state index in [2.05, 4.69) is 5.10 Å². The van der Waals surface area contributed by atoms with Crippen molar-refractivity contribution in [1.29, 1.82) is 0 Å². The maximum Gasteiger partial charge on any atom is 0.416 e. The van der Waals surface area contributed by atoms with Crippen LogP contribution in [-0.4, -0.2) is 61.0 Å². The van der Waals surface area contributed by atoms with Gasteiger partial charge in [0.1, 0.15) is 10.5 Å². The second-order valence-corrected chi connectivity index (χ2v) is 9.73. The molecule has 0 saturated carbocycles. The number of methoxy groups -OCH3 is 2. The lowest BCUT2D eigenvalue weighted by Crippen LogP contribution is -2.48. The summed E-state index contributed by atoms with van der Waals surface area (Å²) in [5.74, 6) is 1.11. The summed E-state index contributed by atoms with van der Waals surface area (Å²) in [6.45, 7) is 1.75. The van der Waals surface area contributed by atoms with E-state index < -0.39 is 11.7 Å². The third-order valence-corrected chi connectivity index (χ3v) is 7.67. The minimum Gasteiger partial charge on any atom is -0.493 e. The highest BCUT2D eigenvalue weighted by Crippen LogP contribution is 2.38. The highest BCUT2D eigenvalue weighted by molar-refractivity contribution is 7.20. The molecule has 37 heavy (non-hydrogen) atoms. The highest BCUT2D eigenvalue weighted by Gasteiger charge is 2.31. The van der Waals surface area contributed by atoms with Gasteiger partial charge in [0.05, 0.1) is 24.7 Å². The smallest absolute Gasteiger partial charge is 0.416 e. The Hall–Kier alpha value is -3.73. The molecule has 4 aromatic rings. The minimum absolute atomic E-state index is 0.0943. The molecule has 1 fully saturated rings. The molecule has 0 unspecified atom stereocenters. The summed E-state index contributed by atoms with van der Waals surface area (Å²) in [5, 5.41) is 5.52. The Kier molecular flexibility index (Phi) is 6.49. The average Bonchev–Trinajstić information content (AvgIpc) is 3.48. The number of benzene rings is 2. The van der Waals surface area contributed by atoms with Crippen LogP contribution < -0.4 is 14.4 Å². The molecule has 7 nitrogen and oxygen atoms in total. The number of hydrogen-bond donors (Lipinski definition) is 0. The standard InChI is InChI=1S/C26H25F3N4O3S/c1-31-25-19(23(30-31)16-7-8-20(35-2)21(13-16)36-3)15-22(37-25)24(34)33-11-9-32(10-12-33)18-6-4-5-17(14-18)26(27,28)29/h4-8,13-15H,9-12H2,1-3H3. The van der Waals surface area contributed by atoms with E-state index in [9.17, 15) is 18.0 Å². The summed E-state index contributed by atoms with van der Waals surface area (Å²) in [5.41, 5.74) is 1.42. The molecule has 0 aliphatic carbocycles. The summed E-state index contributed by atoms with van der Waals surface area (Å²) in [4.78, 5) is 18.4. The summed E-state index contributed by atoms with van der Waals surface area (Å²) in [6, 6.07) is 12.7. The molecule has 1 amide bonds. The van der Waals surface area contributed by atoms with Gasteiger partial charge in [0.25, 0.3) is 5.91 Å². The predicted molar refractivity (Wildman–Crippen MR) is 137 cm³/mol. The Bertz CT molecular complexity index is 1460. The van der Waals surface area contributed by atoms with Gasteiger partial charge in [-0.15, -0.1) is 11.3 Å². The van der Waals surface area contributed by atoms with Gasteiger partial charge in [-0.2, -0.15) is 18.3 Å². The number of carbonyl (C=O) groups is 1. The Balaban J connectivity index is 1.34. The lowest BCUT2D eigenvalue weighted by Gasteiger charge is -2.36. The quantitative estimate of drug-likeness (QED) is 0.351. The van der Waals surface area contributed by atoms with Gasteiger partial charge in [-0.1, -0.05) is 6.07 Å². The van der Waals surface area contributed by atoms with E-state index in [0.29, 0.717) is 48.2 Å². The van der Waals surface area contributed by atoms with Crippen molar-refractivity contribution in [3.63, 3.8) is 0 Å². The number of fused-ring (bicyclic) bond motifs is 1. The van der Waals surface area contributed by atoms with Crippen molar-refractivity contribution in [3.8, 4) is 22.8 Å². The lowest BCUT2D eigenvalue weighted by atomic mass is 10.1. The molecule has 2 aromatic carbocycles. The number of thiophene rings is 1. The van der Waals surface area contributed by atoms with Gasteiger partial charge in [0, 0.05) is 49.9 Å². The number of halogens is 3. The molecule has 0 atom stereocenters. The number of rotatable bonds is 5. The van der Waals surface area contributed by atoms with Crippen LogP contribution in [0, 0.1) is 0 Å². The van der Waals surface area contributed by atoms with E-state index in [0.717, 1.165) is 33.6 Å². The van der Waals surface area contributed by atoms with Gasteiger partial charge in [-0.05, 0) is 42.5 Å². The molecule has 3 heterocycles. The molecule has 11 heteroatoms. The molecule has 0 spiro atoms. The fraction of sp³-hybridized carbons (Fsp3) is 0.308. The van der Waals surface area contributed by atoms with Gasteiger partial charge >= 0.3 is 6.18 Å². The lowest BCUT2D eigenvalue weighted by molar-refractivity contribution is -0.137. The molecule has 2 aromatic heterocycles. The maximum absolute atomic E-state index is 13.3. The topological polar surface area (TPSA) is 59.8 Å². The van der Waals surface area contributed by atoms with Crippen molar-refractivity contribution in [2.24, 2.45) is 7.05 Å². The van der Waals surface area contributed by atoms with Gasteiger partial charge in [0.15, 0.2) is 11.5 Å². The van der Waals surface area contributed by atoms with E-state index in [4.69, 9.17) is 9.47 Å². The second kappa shape index (κ2) is 9.62. The zero-order valence-electron chi connectivity index (χ0n) is 20.5. The molecular weight excluding hydrogens is 505 g/mol. The van der Waals surface area contributed by atoms with Gasteiger partial charge in [-0.25, -0.2) is 0 Å². The minimum atomic E-state index is -4.39. The number of aryl methyl sites for hydroxylation is 1. The van der Waals surface area contributed by atoms with Crippen molar-refractivity contribution < 1.29 is 27.4 Å². The summed E-state index contributed by atoms with van der Waals surface area (Å²) in [7, 11) is 4.99. The average molecular weight is 531 g/mol. The summed E-state index contributed by atoms with van der Waals surface area (Å²) in [6.07, 6.45) is -4.39. The van der Waals surface area contributed by atoms with E-state index in [1.54, 1.807) is 29.9 Å². The molecule has 5 rings (SSSR count). The number of carbonyl (C=O) groups excluding carboxylic acids is 1. The largest absolute Gasteiger partial charge is 0.493 e. The van der Waals surface area contributed by atoms with Crippen LogP contribution in [-0.2, 0) is 13.2 Å². The van der Waals surface area contributed by atoms with E-state index >= 15 is 0 Å². The fourth-order valence-electron chi connectivity index (χ4n) is 4.55. The molecule has 0 radical (unpaired) electrons. The molecule has 1 aliphatic rings. The van der Waals surface area contributed by atoms with Crippen LogP contribution in [0.2, 0.25) is 0 Å². The van der Waals surface area contributed by atoms with Crippen LogP contribution in [0.4, 0.5) is 18.9 Å². The van der Waals surface area contributed by atoms with Crippen molar-refractivity contribution >= 4 is 33.1 Å². The maximum atomic E-state index is 13.3. The van der Waals surface area contributed by atoms with Gasteiger partial charge in [-0.3, -0.25) is 9.48 Å². The van der Waals surface area contributed by atoms with Crippen molar-refractivity contribution in [3.05, 3.63) is 59.0 Å². The summed E-state index contributed by atoms with van der Waals surface area (Å²) < 4.78 is 51.8. The Morgan fingerprint density at radius 3 is 2.38 bits per heavy atom. The zero-order valence-corrected chi connectivity index (χ0v) is 21.3. The van der Waals surface area contributed by atoms with E-state index in [-0.39, 0.29) is 5.91 Å².